The molecule has 1 aromatic heterocycles. The van der Waals surface area contributed by atoms with Crippen LogP contribution in [0.25, 0.3) is 5.69 Å². The van der Waals surface area contributed by atoms with Crippen LogP contribution in [0.4, 0.5) is 10.1 Å². The van der Waals surface area contributed by atoms with E-state index in [-0.39, 0.29) is 23.0 Å². The molecular weight excluding hydrogens is 361 g/mol. The predicted molar refractivity (Wildman–Crippen MR) is 91.9 cm³/mol. The van der Waals surface area contributed by atoms with Crippen LogP contribution in [0.15, 0.2) is 53.7 Å². The fourth-order valence-corrected chi connectivity index (χ4v) is 2.73. The van der Waals surface area contributed by atoms with E-state index in [1.165, 1.54) is 53.2 Å². The van der Waals surface area contributed by atoms with Gasteiger partial charge in [0.15, 0.2) is 0 Å². The third kappa shape index (κ3) is 4.22. The molecule has 0 fully saturated rings. The SMILES string of the molecule is O=C(CSc1nnnn1-c1ccc(F)cc1)Nc1ccc(C(=O)O)cc1. The Hall–Kier alpha value is -3.27. The summed E-state index contributed by atoms with van der Waals surface area (Å²) in [6.07, 6.45) is 0. The molecule has 132 valence electrons. The highest BCUT2D eigenvalue weighted by molar-refractivity contribution is 7.99. The van der Waals surface area contributed by atoms with Gasteiger partial charge in [0.1, 0.15) is 5.82 Å². The van der Waals surface area contributed by atoms with E-state index in [9.17, 15) is 14.0 Å². The fourth-order valence-electron chi connectivity index (χ4n) is 2.04. The Labute approximate surface area is 151 Å². The van der Waals surface area contributed by atoms with Crippen LogP contribution >= 0.6 is 11.8 Å². The third-order valence-electron chi connectivity index (χ3n) is 3.26. The van der Waals surface area contributed by atoms with Gasteiger partial charge in [-0.05, 0) is 59.0 Å². The standard InChI is InChI=1S/C16H12FN5O3S/c17-11-3-7-13(8-4-11)22-16(19-20-21-22)26-9-14(23)18-12-5-1-10(2-6-12)15(24)25/h1-8H,9H2,(H,18,23)(H,24,25). The lowest BCUT2D eigenvalue weighted by molar-refractivity contribution is -0.113. The van der Waals surface area contributed by atoms with Crippen LogP contribution in [0.5, 0.6) is 0 Å². The van der Waals surface area contributed by atoms with E-state index >= 15 is 0 Å². The first-order valence-electron chi connectivity index (χ1n) is 7.33. The third-order valence-corrected chi connectivity index (χ3v) is 4.18. The van der Waals surface area contributed by atoms with Crippen LogP contribution in [0.3, 0.4) is 0 Å². The van der Waals surface area contributed by atoms with Gasteiger partial charge in [0.25, 0.3) is 0 Å². The highest BCUT2D eigenvalue weighted by Crippen LogP contribution is 2.19. The van der Waals surface area contributed by atoms with Crippen molar-refractivity contribution in [2.24, 2.45) is 0 Å². The number of hydrogen-bond acceptors (Lipinski definition) is 6. The molecule has 0 spiro atoms. The van der Waals surface area contributed by atoms with Crippen LogP contribution in [-0.4, -0.2) is 42.9 Å². The maximum absolute atomic E-state index is 13.0. The number of hydrogen-bond donors (Lipinski definition) is 2. The average Bonchev–Trinajstić information content (AvgIpc) is 3.09. The second-order valence-electron chi connectivity index (χ2n) is 5.07. The molecule has 0 atom stereocenters. The van der Waals surface area contributed by atoms with Crippen molar-refractivity contribution in [3.05, 3.63) is 59.9 Å². The van der Waals surface area contributed by atoms with Crippen molar-refractivity contribution in [2.45, 2.75) is 5.16 Å². The second-order valence-corrected chi connectivity index (χ2v) is 6.01. The molecule has 10 heteroatoms. The number of nitrogens with one attached hydrogen (secondary N) is 1. The number of benzene rings is 2. The number of carboxylic acid groups (broad SMARTS) is 1. The molecule has 8 nitrogen and oxygen atoms in total. The lowest BCUT2D eigenvalue weighted by Gasteiger charge is -2.06. The van der Waals surface area contributed by atoms with Crippen molar-refractivity contribution in [2.75, 3.05) is 11.1 Å². The van der Waals surface area contributed by atoms with E-state index in [1.54, 1.807) is 0 Å². The number of aromatic carboxylic acids is 1. The minimum absolute atomic E-state index is 0.0439. The zero-order valence-electron chi connectivity index (χ0n) is 13.2. The van der Waals surface area contributed by atoms with Crippen molar-refractivity contribution in [1.82, 2.24) is 20.2 Å². The van der Waals surface area contributed by atoms with Gasteiger partial charge in [-0.1, -0.05) is 11.8 Å². The Bertz CT molecular complexity index is 928. The summed E-state index contributed by atoms with van der Waals surface area (Å²) in [7, 11) is 0. The average molecular weight is 373 g/mol. The molecule has 0 radical (unpaired) electrons. The van der Waals surface area contributed by atoms with Crippen LogP contribution < -0.4 is 5.32 Å². The molecule has 0 saturated carbocycles. The molecule has 0 saturated heterocycles. The molecule has 0 aliphatic rings. The van der Waals surface area contributed by atoms with Gasteiger partial charge in [-0.2, -0.15) is 4.68 Å². The minimum atomic E-state index is -1.04. The Kier molecular flexibility index (Phi) is 5.23. The maximum atomic E-state index is 13.0. The van der Waals surface area contributed by atoms with Crippen LogP contribution in [0, 0.1) is 5.82 Å². The molecule has 2 N–H and O–H groups in total. The first-order chi connectivity index (χ1) is 12.5. The largest absolute Gasteiger partial charge is 0.478 e. The smallest absolute Gasteiger partial charge is 0.335 e. The zero-order chi connectivity index (χ0) is 18.5. The molecule has 0 aliphatic heterocycles. The predicted octanol–water partition coefficient (Wildman–Crippen LogP) is 2.23. The van der Waals surface area contributed by atoms with Crippen molar-refractivity contribution in [3.63, 3.8) is 0 Å². The number of nitrogens with zero attached hydrogens (tertiary/aromatic N) is 4. The number of carboxylic acids is 1. The van der Waals surface area contributed by atoms with Gasteiger partial charge in [0.05, 0.1) is 17.0 Å². The molecule has 1 amide bonds. The summed E-state index contributed by atoms with van der Waals surface area (Å²) in [6, 6.07) is 11.5. The Balaban J connectivity index is 1.61. The summed E-state index contributed by atoms with van der Waals surface area (Å²) < 4.78 is 14.4. The van der Waals surface area contributed by atoms with Gasteiger partial charge in [-0.15, -0.1) is 5.10 Å². The quantitative estimate of drug-likeness (QED) is 0.638. The van der Waals surface area contributed by atoms with E-state index < -0.39 is 5.97 Å². The van der Waals surface area contributed by atoms with E-state index in [0.29, 0.717) is 16.5 Å². The van der Waals surface area contributed by atoms with Crippen molar-refractivity contribution < 1.29 is 19.1 Å². The van der Waals surface area contributed by atoms with Crippen LogP contribution in [0.2, 0.25) is 0 Å². The highest BCUT2D eigenvalue weighted by atomic mass is 32.2. The molecule has 3 aromatic rings. The van der Waals surface area contributed by atoms with Crippen molar-refractivity contribution in [3.8, 4) is 5.69 Å². The number of carbonyl (C=O) groups is 2. The topological polar surface area (TPSA) is 110 Å². The van der Waals surface area contributed by atoms with Crippen molar-refractivity contribution >= 4 is 29.3 Å². The van der Waals surface area contributed by atoms with Gasteiger partial charge in [0, 0.05) is 5.69 Å². The molecule has 2 aromatic carbocycles. The lowest BCUT2D eigenvalue weighted by Crippen LogP contribution is -2.14. The fraction of sp³-hybridized carbons (Fsp3) is 0.0625. The Morgan fingerprint density at radius 2 is 1.81 bits per heavy atom. The molecule has 0 aliphatic carbocycles. The first kappa shape index (κ1) is 17.5. The summed E-state index contributed by atoms with van der Waals surface area (Å²) in [5, 5.41) is 23.1. The normalized spacial score (nSPS) is 10.5. The number of thioether (sulfide) groups is 1. The number of aromatic nitrogens is 4. The molecular formula is C16H12FN5O3S. The second kappa shape index (κ2) is 7.74. The number of carbonyl (C=O) groups excluding carboxylic acids is 1. The van der Waals surface area contributed by atoms with Gasteiger partial charge in [-0.25, -0.2) is 9.18 Å². The van der Waals surface area contributed by atoms with Gasteiger partial charge >= 0.3 is 5.97 Å². The summed E-state index contributed by atoms with van der Waals surface area (Å²) in [6.45, 7) is 0. The number of tetrazole rings is 1. The molecule has 26 heavy (non-hydrogen) atoms. The first-order valence-corrected chi connectivity index (χ1v) is 8.32. The summed E-state index contributed by atoms with van der Waals surface area (Å²) in [4.78, 5) is 22.8. The van der Waals surface area contributed by atoms with Gasteiger partial charge < -0.3 is 10.4 Å². The van der Waals surface area contributed by atoms with Gasteiger partial charge in [-0.3, -0.25) is 4.79 Å². The van der Waals surface area contributed by atoms with E-state index in [2.05, 4.69) is 20.8 Å². The summed E-state index contributed by atoms with van der Waals surface area (Å²) in [5.41, 5.74) is 1.19. The lowest BCUT2D eigenvalue weighted by atomic mass is 10.2. The highest BCUT2D eigenvalue weighted by Gasteiger charge is 2.12. The maximum Gasteiger partial charge on any atom is 0.335 e. The van der Waals surface area contributed by atoms with E-state index in [0.717, 1.165) is 11.8 Å². The Morgan fingerprint density at radius 3 is 2.46 bits per heavy atom. The summed E-state index contributed by atoms with van der Waals surface area (Å²) >= 11 is 1.12. The van der Waals surface area contributed by atoms with E-state index in [1.807, 2.05) is 0 Å². The van der Waals surface area contributed by atoms with Gasteiger partial charge in [0.2, 0.25) is 11.1 Å². The minimum Gasteiger partial charge on any atom is -0.478 e. The zero-order valence-corrected chi connectivity index (χ0v) is 14.0. The molecule has 3 rings (SSSR count). The number of halogens is 1. The number of amides is 1. The molecule has 1 heterocycles. The number of rotatable bonds is 6. The van der Waals surface area contributed by atoms with Crippen molar-refractivity contribution in [1.29, 1.82) is 0 Å². The van der Waals surface area contributed by atoms with E-state index in [4.69, 9.17) is 5.11 Å². The molecule has 0 bridgehead atoms. The number of anilines is 1. The van der Waals surface area contributed by atoms with Crippen LogP contribution in [-0.2, 0) is 4.79 Å². The molecule has 0 unspecified atom stereocenters. The Morgan fingerprint density at radius 1 is 1.12 bits per heavy atom. The van der Waals surface area contributed by atoms with Crippen LogP contribution in [0.1, 0.15) is 10.4 Å². The summed E-state index contributed by atoms with van der Waals surface area (Å²) in [5.74, 6) is -1.66. The monoisotopic (exact) mass is 373 g/mol.